The van der Waals surface area contributed by atoms with E-state index in [0.29, 0.717) is 6.61 Å². The minimum absolute atomic E-state index is 0.109. The van der Waals surface area contributed by atoms with Crippen molar-refractivity contribution in [1.29, 1.82) is 0 Å². The van der Waals surface area contributed by atoms with E-state index in [0.717, 1.165) is 16.7 Å². The minimum atomic E-state index is 0.109. The Morgan fingerprint density at radius 1 is 1.41 bits per heavy atom. The summed E-state index contributed by atoms with van der Waals surface area (Å²) in [5.41, 5.74) is 0. The van der Waals surface area contributed by atoms with Gasteiger partial charge in [-0.25, -0.2) is 4.99 Å². The largest absolute Gasteiger partial charge is 0.490 e. The highest BCUT2D eigenvalue weighted by molar-refractivity contribution is 8.13. The number of hydrogen-bond acceptors (Lipinski definition) is 4. The summed E-state index contributed by atoms with van der Waals surface area (Å²) in [5.74, 6) is 1.80. The van der Waals surface area contributed by atoms with Crippen molar-refractivity contribution in [3.8, 4) is 5.75 Å². The lowest BCUT2D eigenvalue weighted by atomic mass is 10.3. The van der Waals surface area contributed by atoms with Crippen LogP contribution in [0.3, 0.4) is 0 Å². The Kier molecular flexibility index (Phi) is 4.31. The number of nitrogens with zero attached hydrogens (tertiary/aromatic N) is 1. The topological polar surface area (TPSA) is 30.8 Å². The maximum absolute atomic E-state index is 5.68. The molecule has 0 spiro atoms. The van der Waals surface area contributed by atoms with Crippen LogP contribution in [0.25, 0.3) is 0 Å². The minimum Gasteiger partial charge on any atom is -0.490 e. The molecule has 0 bridgehead atoms. The summed E-state index contributed by atoms with van der Waals surface area (Å²) in [6.45, 7) is 4.67. The Bertz CT molecular complexity index is 378. The first-order chi connectivity index (χ1) is 8.24. The molecule has 0 radical (unpaired) electrons. The van der Waals surface area contributed by atoms with E-state index in [9.17, 15) is 0 Å². The predicted octanol–water partition coefficient (Wildman–Crippen LogP) is 2.96. The van der Waals surface area contributed by atoms with Crippen molar-refractivity contribution in [2.45, 2.75) is 26.0 Å². The molecule has 1 aromatic carbocycles. The number of rotatable bonds is 4. The molecule has 1 unspecified atom stereocenters. The highest BCUT2D eigenvalue weighted by Gasteiger charge is 2.23. The SMILES string of the molecule is CC(C)N=C1OC(COc2ccccc2)CS1. The lowest BCUT2D eigenvalue weighted by Crippen LogP contribution is -2.20. The van der Waals surface area contributed by atoms with Crippen molar-refractivity contribution < 1.29 is 9.47 Å². The first kappa shape index (κ1) is 12.3. The fourth-order valence-electron chi connectivity index (χ4n) is 1.44. The second-order valence-electron chi connectivity index (χ2n) is 4.16. The summed E-state index contributed by atoms with van der Waals surface area (Å²) < 4.78 is 11.3. The quantitative estimate of drug-likeness (QED) is 0.824. The van der Waals surface area contributed by atoms with Crippen LogP contribution >= 0.6 is 11.8 Å². The van der Waals surface area contributed by atoms with Gasteiger partial charge in [0.1, 0.15) is 18.5 Å². The third-order valence-electron chi connectivity index (χ3n) is 2.20. The molecule has 0 saturated carbocycles. The number of aliphatic imine (C=N–C) groups is 1. The highest BCUT2D eigenvalue weighted by Crippen LogP contribution is 2.21. The smallest absolute Gasteiger partial charge is 0.246 e. The Balaban J connectivity index is 1.79. The Labute approximate surface area is 106 Å². The molecule has 3 nitrogen and oxygen atoms in total. The molecule has 2 rings (SSSR count). The predicted molar refractivity (Wildman–Crippen MR) is 71.8 cm³/mol. The van der Waals surface area contributed by atoms with Crippen molar-refractivity contribution in [2.75, 3.05) is 12.4 Å². The lowest BCUT2D eigenvalue weighted by Gasteiger charge is -2.11. The number of thioether (sulfide) groups is 1. The van der Waals surface area contributed by atoms with Gasteiger partial charge in [0, 0.05) is 11.8 Å². The van der Waals surface area contributed by atoms with Crippen LogP contribution < -0.4 is 4.74 Å². The summed E-state index contributed by atoms with van der Waals surface area (Å²) in [5, 5.41) is 0.793. The molecule has 92 valence electrons. The van der Waals surface area contributed by atoms with Gasteiger partial charge in [-0.3, -0.25) is 0 Å². The van der Waals surface area contributed by atoms with E-state index in [-0.39, 0.29) is 12.1 Å². The Hall–Kier alpha value is -1.16. The van der Waals surface area contributed by atoms with E-state index in [2.05, 4.69) is 4.99 Å². The van der Waals surface area contributed by atoms with E-state index in [1.807, 2.05) is 44.2 Å². The van der Waals surface area contributed by atoms with Crippen LogP contribution in [0.2, 0.25) is 0 Å². The molecule has 0 aliphatic carbocycles. The molecule has 1 heterocycles. The van der Waals surface area contributed by atoms with Crippen molar-refractivity contribution >= 4 is 17.0 Å². The van der Waals surface area contributed by atoms with Gasteiger partial charge in [0.25, 0.3) is 0 Å². The zero-order valence-electron chi connectivity index (χ0n) is 10.1. The van der Waals surface area contributed by atoms with Gasteiger partial charge in [-0.1, -0.05) is 30.0 Å². The normalized spacial score (nSPS) is 21.8. The second-order valence-corrected chi connectivity index (χ2v) is 5.13. The molecule has 1 aliphatic heterocycles. The van der Waals surface area contributed by atoms with Crippen LogP contribution in [0.15, 0.2) is 35.3 Å². The third-order valence-corrected chi connectivity index (χ3v) is 3.19. The van der Waals surface area contributed by atoms with Crippen molar-refractivity contribution in [3.63, 3.8) is 0 Å². The van der Waals surface area contributed by atoms with Crippen LogP contribution in [0.5, 0.6) is 5.75 Å². The summed E-state index contributed by atoms with van der Waals surface area (Å²) in [7, 11) is 0. The van der Waals surface area contributed by atoms with Gasteiger partial charge in [0.05, 0.1) is 0 Å². The van der Waals surface area contributed by atoms with E-state index in [1.54, 1.807) is 11.8 Å². The molecule has 0 N–H and O–H groups in total. The molecule has 4 heteroatoms. The molecule has 1 fully saturated rings. The van der Waals surface area contributed by atoms with Crippen LogP contribution in [0.1, 0.15) is 13.8 Å². The summed E-state index contributed by atoms with van der Waals surface area (Å²) in [6.07, 6.45) is 0.109. The van der Waals surface area contributed by atoms with Crippen LogP contribution in [-0.2, 0) is 4.74 Å². The molecule has 0 amide bonds. The molecule has 17 heavy (non-hydrogen) atoms. The molecule has 1 aromatic rings. The van der Waals surface area contributed by atoms with Gasteiger partial charge < -0.3 is 9.47 Å². The van der Waals surface area contributed by atoms with Crippen LogP contribution in [0, 0.1) is 0 Å². The lowest BCUT2D eigenvalue weighted by molar-refractivity contribution is 0.147. The summed E-state index contributed by atoms with van der Waals surface area (Å²) in [4.78, 5) is 4.38. The zero-order chi connectivity index (χ0) is 12.1. The molecule has 1 aliphatic rings. The van der Waals surface area contributed by atoms with Crippen molar-refractivity contribution in [1.82, 2.24) is 0 Å². The molecular weight excluding hydrogens is 234 g/mol. The molecule has 1 saturated heterocycles. The Morgan fingerprint density at radius 3 is 2.88 bits per heavy atom. The van der Waals surface area contributed by atoms with Crippen LogP contribution in [0.4, 0.5) is 0 Å². The first-order valence-corrected chi connectivity index (χ1v) is 6.77. The highest BCUT2D eigenvalue weighted by atomic mass is 32.2. The van der Waals surface area contributed by atoms with Gasteiger partial charge in [-0.05, 0) is 26.0 Å². The van der Waals surface area contributed by atoms with Gasteiger partial charge in [0.2, 0.25) is 5.23 Å². The van der Waals surface area contributed by atoms with E-state index < -0.39 is 0 Å². The Morgan fingerprint density at radius 2 is 2.18 bits per heavy atom. The van der Waals surface area contributed by atoms with E-state index in [1.165, 1.54) is 0 Å². The number of benzene rings is 1. The van der Waals surface area contributed by atoms with Crippen molar-refractivity contribution in [2.24, 2.45) is 4.99 Å². The summed E-state index contributed by atoms with van der Waals surface area (Å²) in [6, 6.07) is 10.1. The zero-order valence-corrected chi connectivity index (χ0v) is 10.9. The average molecular weight is 251 g/mol. The van der Waals surface area contributed by atoms with Gasteiger partial charge in [0.15, 0.2) is 0 Å². The monoisotopic (exact) mass is 251 g/mol. The van der Waals surface area contributed by atoms with E-state index in [4.69, 9.17) is 9.47 Å². The summed E-state index contributed by atoms with van der Waals surface area (Å²) >= 11 is 1.66. The standard InChI is InChI=1S/C13H17NO2S/c1-10(2)14-13-16-12(9-17-13)8-15-11-6-4-3-5-7-11/h3-7,10,12H,8-9H2,1-2H3. The van der Waals surface area contributed by atoms with Crippen LogP contribution in [-0.4, -0.2) is 29.7 Å². The molecule has 0 aromatic heterocycles. The van der Waals surface area contributed by atoms with Gasteiger partial charge in [-0.2, -0.15) is 0 Å². The average Bonchev–Trinajstić information content (AvgIpc) is 2.75. The number of hydrogen-bond donors (Lipinski definition) is 0. The van der Waals surface area contributed by atoms with Gasteiger partial charge >= 0.3 is 0 Å². The molecule has 1 atom stereocenters. The second kappa shape index (κ2) is 5.96. The maximum atomic E-state index is 5.68. The fraction of sp³-hybridized carbons (Fsp3) is 0.462. The maximum Gasteiger partial charge on any atom is 0.246 e. The first-order valence-electron chi connectivity index (χ1n) is 5.79. The third kappa shape index (κ3) is 3.97. The van der Waals surface area contributed by atoms with Crippen molar-refractivity contribution in [3.05, 3.63) is 30.3 Å². The fourth-order valence-corrected chi connectivity index (χ4v) is 2.42. The van der Waals surface area contributed by atoms with E-state index >= 15 is 0 Å². The van der Waals surface area contributed by atoms with Gasteiger partial charge in [-0.15, -0.1) is 0 Å². The number of ether oxygens (including phenoxy) is 2. The number of para-hydroxylation sites is 1. The molecular formula is C13H17NO2S.